The highest BCUT2D eigenvalue weighted by Crippen LogP contribution is 2.29. The molecule has 27 heavy (non-hydrogen) atoms. The Kier molecular flexibility index (Phi) is 5.09. The van der Waals surface area contributed by atoms with Crippen molar-refractivity contribution in [3.63, 3.8) is 0 Å². The van der Waals surface area contributed by atoms with Gasteiger partial charge in [0, 0.05) is 16.4 Å². The van der Waals surface area contributed by atoms with Gasteiger partial charge in [0.15, 0.2) is 0 Å². The van der Waals surface area contributed by atoms with Crippen molar-refractivity contribution < 1.29 is 12.8 Å². The summed E-state index contributed by atoms with van der Waals surface area (Å²) in [7, 11) is -3.96. The Morgan fingerprint density at radius 1 is 1.26 bits per heavy atom. The van der Waals surface area contributed by atoms with Crippen LogP contribution < -0.4 is 10.3 Å². The Morgan fingerprint density at radius 2 is 2.00 bits per heavy atom. The number of hydrogen-bond donors (Lipinski definition) is 1. The number of halogens is 1. The van der Waals surface area contributed by atoms with Gasteiger partial charge >= 0.3 is 5.63 Å². The summed E-state index contributed by atoms with van der Waals surface area (Å²) in [4.78, 5) is 14.4. The van der Waals surface area contributed by atoms with Crippen molar-refractivity contribution in [2.45, 2.75) is 18.4 Å². The average Bonchev–Trinajstić information content (AvgIpc) is 2.60. The van der Waals surface area contributed by atoms with Crippen LogP contribution in [0, 0.1) is 6.92 Å². The SMILES string of the molecule is Cc1cc2oc(=O)cc(CN=[N+]=[N-])c2cc1S(=O)(=O)Nc1ccccc1Cl. The molecule has 0 saturated heterocycles. The summed E-state index contributed by atoms with van der Waals surface area (Å²) in [6, 6.07) is 10.5. The van der Waals surface area contributed by atoms with Crippen molar-refractivity contribution in [2.24, 2.45) is 5.11 Å². The molecular weight excluding hydrogens is 392 g/mol. The fraction of sp³-hybridized carbons (Fsp3) is 0.118. The van der Waals surface area contributed by atoms with Crippen molar-refractivity contribution in [1.82, 2.24) is 0 Å². The predicted octanol–water partition coefficient (Wildman–Crippen LogP) is 4.37. The number of rotatable bonds is 5. The summed E-state index contributed by atoms with van der Waals surface area (Å²) in [6.07, 6.45) is 0. The van der Waals surface area contributed by atoms with E-state index in [1.165, 1.54) is 18.2 Å². The van der Waals surface area contributed by atoms with E-state index in [1.807, 2.05) is 0 Å². The monoisotopic (exact) mass is 404 g/mol. The molecule has 0 aliphatic carbocycles. The van der Waals surface area contributed by atoms with Gasteiger partial charge in [-0.15, -0.1) is 0 Å². The maximum Gasteiger partial charge on any atom is 0.336 e. The zero-order chi connectivity index (χ0) is 19.6. The number of nitrogens with one attached hydrogen (secondary N) is 1. The minimum absolute atomic E-state index is 0.00837. The first-order chi connectivity index (χ1) is 12.8. The Morgan fingerprint density at radius 3 is 2.70 bits per heavy atom. The number of hydrogen-bond acceptors (Lipinski definition) is 5. The Balaban J connectivity index is 2.17. The van der Waals surface area contributed by atoms with Crippen LogP contribution in [0.25, 0.3) is 21.4 Å². The van der Waals surface area contributed by atoms with Gasteiger partial charge in [-0.2, -0.15) is 0 Å². The molecule has 1 aromatic heterocycles. The molecule has 0 unspecified atom stereocenters. The van der Waals surface area contributed by atoms with E-state index in [0.717, 1.165) is 0 Å². The zero-order valence-electron chi connectivity index (χ0n) is 14.0. The standard InChI is InChI=1S/C17H13ClN4O4S/c1-10-6-15-12(11(9-20-22-19)7-17(23)26-15)8-16(10)27(24,25)21-14-5-3-2-4-13(14)18/h2-8,21H,9H2,1H3. The fourth-order valence-electron chi connectivity index (χ4n) is 2.63. The van der Waals surface area contributed by atoms with Gasteiger partial charge in [-0.25, -0.2) is 13.2 Å². The predicted molar refractivity (Wildman–Crippen MR) is 102 cm³/mol. The van der Waals surface area contributed by atoms with Gasteiger partial charge in [0.2, 0.25) is 0 Å². The molecule has 0 fully saturated rings. The fourth-order valence-corrected chi connectivity index (χ4v) is 4.20. The Labute approximate surface area is 159 Å². The minimum Gasteiger partial charge on any atom is -0.423 e. The number of anilines is 1. The molecule has 0 radical (unpaired) electrons. The van der Waals surface area contributed by atoms with Crippen LogP contribution >= 0.6 is 11.6 Å². The smallest absolute Gasteiger partial charge is 0.336 e. The summed E-state index contributed by atoms with van der Waals surface area (Å²) in [6.45, 7) is 1.47. The highest BCUT2D eigenvalue weighted by molar-refractivity contribution is 7.92. The summed E-state index contributed by atoms with van der Waals surface area (Å²) >= 11 is 6.03. The van der Waals surface area contributed by atoms with E-state index >= 15 is 0 Å². The molecule has 0 aliphatic rings. The van der Waals surface area contributed by atoms with Crippen molar-refractivity contribution >= 4 is 38.3 Å². The van der Waals surface area contributed by atoms with Gasteiger partial charge in [-0.3, -0.25) is 4.72 Å². The Bertz CT molecular complexity index is 1250. The van der Waals surface area contributed by atoms with Gasteiger partial charge in [0.25, 0.3) is 10.0 Å². The van der Waals surface area contributed by atoms with E-state index in [9.17, 15) is 13.2 Å². The van der Waals surface area contributed by atoms with Crippen LogP contribution in [-0.2, 0) is 16.6 Å². The van der Waals surface area contributed by atoms with Crippen LogP contribution in [0.15, 0.2) is 61.7 Å². The van der Waals surface area contributed by atoms with E-state index in [4.69, 9.17) is 21.5 Å². The first kappa shape index (κ1) is 18.8. The molecule has 0 saturated carbocycles. The quantitative estimate of drug-likeness (QED) is 0.293. The van der Waals surface area contributed by atoms with Gasteiger partial charge < -0.3 is 4.42 Å². The molecule has 0 atom stereocenters. The summed E-state index contributed by atoms with van der Waals surface area (Å²) in [5.41, 5.74) is 9.11. The number of aryl methyl sites for hydroxylation is 1. The van der Waals surface area contributed by atoms with E-state index in [-0.39, 0.29) is 27.7 Å². The van der Waals surface area contributed by atoms with Crippen molar-refractivity contribution in [2.75, 3.05) is 4.72 Å². The minimum atomic E-state index is -3.96. The van der Waals surface area contributed by atoms with Crippen LogP contribution in [0.2, 0.25) is 5.02 Å². The number of nitrogens with zero attached hydrogens (tertiary/aromatic N) is 3. The van der Waals surface area contributed by atoms with Gasteiger partial charge in [0.1, 0.15) is 5.58 Å². The van der Waals surface area contributed by atoms with E-state index in [1.54, 1.807) is 31.2 Å². The highest BCUT2D eigenvalue weighted by Gasteiger charge is 2.20. The lowest BCUT2D eigenvalue weighted by molar-refractivity contribution is 0.558. The molecule has 1 N–H and O–H groups in total. The topological polar surface area (TPSA) is 125 Å². The molecule has 3 rings (SSSR count). The van der Waals surface area contributed by atoms with Crippen LogP contribution in [0.1, 0.15) is 11.1 Å². The molecule has 0 aliphatic heterocycles. The third kappa shape index (κ3) is 3.90. The van der Waals surface area contributed by atoms with E-state index < -0.39 is 15.6 Å². The molecule has 3 aromatic rings. The van der Waals surface area contributed by atoms with Gasteiger partial charge in [-0.05, 0) is 47.8 Å². The molecule has 0 spiro atoms. The number of para-hydroxylation sites is 1. The second kappa shape index (κ2) is 7.32. The van der Waals surface area contributed by atoms with Crippen LogP contribution in [0.3, 0.4) is 0 Å². The zero-order valence-corrected chi connectivity index (χ0v) is 15.6. The summed E-state index contributed by atoms with van der Waals surface area (Å²) in [5, 5.41) is 4.07. The van der Waals surface area contributed by atoms with Crippen molar-refractivity contribution in [1.29, 1.82) is 0 Å². The summed E-state index contributed by atoms with van der Waals surface area (Å²) < 4.78 is 33.3. The normalized spacial score (nSPS) is 11.2. The molecule has 10 heteroatoms. The van der Waals surface area contributed by atoms with Crippen molar-refractivity contribution in [3.8, 4) is 0 Å². The van der Waals surface area contributed by atoms with Crippen molar-refractivity contribution in [3.05, 3.63) is 79.5 Å². The molecule has 0 amide bonds. The third-order valence-electron chi connectivity index (χ3n) is 3.84. The second-order valence-corrected chi connectivity index (χ2v) is 7.74. The maximum atomic E-state index is 12.9. The number of fused-ring (bicyclic) bond motifs is 1. The lowest BCUT2D eigenvalue weighted by Crippen LogP contribution is -2.15. The molecule has 1 heterocycles. The van der Waals surface area contributed by atoms with Gasteiger partial charge in [-0.1, -0.05) is 28.8 Å². The molecule has 8 nitrogen and oxygen atoms in total. The molecule has 2 aromatic carbocycles. The highest BCUT2D eigenvalue weighted by atomic mass is 35.5. The third-order valence-corrected chi connectivity index (χ3v) is 5.67. The lowest BCUT2D eigenvalue weighted by atomic mass is 10.1. The Hall–Kier alpha value is -3.00. The largest absolute Gasteiger partial charge is 0.423 e. The van der Waals surface area contributed by atoms with Crippen LogP contribution in [0.5, 0.6) is 0 Å². The maximum absolute atomic E-state index is 12.9. The molecular formula is C17H13ClN4O4S. The van der Waals surface area contributed by atoms with E-state index in [2.05, 4.69) is 14.7 Å². The van der Waals surface area contributed by atoms with E-state index in [0.29, 0.717) is 16.5 Å². The number of benzene rings is 2. The van der Waals surface area contributed by atoms with Gasteiger partial charge in [0.05, 0.1) is 22.2 Å². The van der Waals surface area contributed by atoms with Crippen LogP contribution in [-0.4, -0.2) is 8.42 Å². The summed E-state index contributed by atoms with van der Waals surface area (Å²) in [5.74, 6) is 0. The molecule has 0 bridgehead atoms. The first-order valence-corrected chi connectivity index (χ1v) is 9.53. The molecule has 138 valence electrons. The second-order valence-electron chi connectivity index (χ2n) is 5.68. The first-order valence-electron chi connectivity index (χ1n) is 7.67. The average molecular weight is 405 g/mol. The number of sulfonamides is 1. The number of azide groups is 1. The lowest BCUT2D eigenvalue weighted by Gasteiger charge is -2.13. The van der Waals surface area contributed by atoms with Crippen LogP contribution in [0.4, 0.5) is 5.69 Å².